The van der Waals surface area contributed by atoms with Crippen molar-refractivity contribution in [1.82, 2.24) is 0 Å². The molecule has 1 N–H and O–H groups in total. The summed E-state index contributed by atoms with van der Waals surface area (Å²) in [5, 5.41) is 9.50. The maximum atomic E-state index is 9.08. The zero-order chi connectivity index (χ0) is 9.26. The lowest BCUT2D eigenvalue weighted by Crippen LogP contribution is -2.38. The zero-order valence-corrected chi connectivity index (χ0v) is 7.62. The van der Waals surface area contributed by atoms with E-state index in [4.69, 9.17) is 26.2 Å². The Kier molecular flexibility index (Phi) is 2.29. The Labute approximate surface area is 80.8 Å². The van der Waals surface area contributed by atoms with Crippen molar-refractivity contribution >= 4 is 11.6 Å². The molecular weight excluding hydrogens is 192 g/mol. The van der Waals surface area contributed by atoms with E-state index in [0.29, 0.717) is 24.0 Å². The molecule has 1 saturated heterocycles. The Morgan fingerprint density at radius 1 is 1.46 bits per heavy atom. The first-order chi connectivity index (χ1) is 6.25. The first kappa shape index (κ1) is 8.66. The van der Waals surface area contributed by atoms with E-state index in [0.717, 1.165) is 0 Å². The minimum atomic E-state index is 0.0991. The van der Waals surface area contributed by atoms with Crippen molar-refractivity contribution in [3.05, 3.63) is 23.2 Å². The largest absolute Gasteiger partial charge is 0.508 e. The van der Waals surface area contributed by atoms with Gasteiger partial charge in [0.15, 0.2) is 0 Å². The number of hydrogen-bond donors (Lipinski definition) is 1. The van der Waals surface area contributed by atoms with Crippen LogP contribution in [0.4, 0.5) is 0 Å². The third kappa shape index (κ3) is 1.87. The van der Waals surface area contributed by atoms with Crippen molar-refractivity contribution < 1.29 is 14.6 Å². The van der Waals surface area contributed by atoms with Crippen molar-refractivity contribution in [3.8, 4) is 11.5 Å². The Bertz CT molecular complexity index is 310. The fourth-order valence-electron chi connectivity index (χ4n) is 1.05. The van der Waals surface area contributed by atoms with Gasteiger partial charge < -0.3 is 14.6 Å². The van der Waals surface area contributed by atoms with Crippen LogP contribution in [0.1, 0.15) is 0 Å². The lowest BCUT2D eigenvalue weighted by molar-refractivity contribution is -0.0796. The summed E-state index contributed by atoms with van der Waals surface area (Å²) in [6.07, 6.45) is 0.0991. The normalized spacial score (nSPS) is 16.7. The van der Waals surface area contributed by atoms with E-state index in [1.54, 1.807) is 12.1 Å². The average molecular weight is 201 g/mol. The molecule has 0 atom stereocenters. The highest BCUT2D eigenvalue weighted by molar-refractivity contribution is 6.32. The van der Waals surface area contributed by atoms with E-state index in [-0.39, 0.29) is 11.9 Å². The lowest BCUT2D eigenvalue weighted by Gasteiger charge is -2.27. The number of aromatic hydroxyl groups is 1. The second kappa shape index (κ2) is 3.44. The van der Waals surface area contributed by atoms with Crippen LogP contribution < -0.4 is 4.74 Å². The zero-order valence-electron chi connectivity index (χ0n) is 6.87. The highest BCUT2D eigenvalue weighted by atomic mass is 35.5. The van der Waals surface area contributed by atoms with E-state index in [2.05, 4.69) is 0 Å². The van der Waals surface area contributed by atoms with Gasteiger partial charge in [-0.3, -0.25) is 0 Å². The molecule has 3 nitrogen and oxygen atoms in total. The molecule has 0 amide bonds. The Morgan fingerprint density at radius 3 is 2.77 bits per heavy atom. The highest BCUT2D eigenvalue weighted by Crippen LogP contribution is 2.29. The van der Waals surface area contributed by atoms with Gasteiger partial charge in [0.05, 0.1) is 18.2 Å². The van der Waals surface area contributed by atoms with Crippen molar-refractivity contribution in [2.24, 2.45) is 0 Å². The predicted molar refractivity (Wildman–Crippen MR) is 48.4 cm³/mol. The molecule has 0 saturated carbocycles. The summed E-state index contributed by atoms with van der Waals surface area (Å²) >= 11 is 5.83. The van der Waals surface area contributed by atoms with Crippen LogP contribution >= 0.6 is 11.6 Å². The number of halogens is 1. The predicted octanol–water partition coefficient (Wildman–Crippen LogP) is 1.82. The van der Waals surface area contributed by atoms with Crippen molar-refractivity contribution in [1.29, 1.82) is 0 Å². The van der Waals surface area contributed by atoms with Crippen LogP contribution in [0, 0.1) is 0 Å². The average Bonchev–Trinajstić information content (AvgIpc) is 1.99. The van der Waals surface area contributed by atoms with Gasteiger partial charge in [-0.05, 0) is 12.1 Å². The second-order valence-electron chi connectivity index (χ2n) is 2.89. The molecule has 1 aromatic rings. The SMILES string of the molecule is Oc1ccc(OC2COC2)c(Cl)c1. The molecule has 0 aliphatic carbocycles. The number of phenols is 1. The van der Waals surface area contributed by atoms with Gasteiger partial charge >= 0.3 is 0 Å². The molecule has 1 aliphatic rings. The smallest absolute Gasteiger partial charge is 0.145 e. The minimum absolute atomic E-state index is 0.0991. The van der Waals surface area contributed by atoms with Gasteiger partial charge in [0.1, 0.15) is 17.6 Å². The van der Waals surface area contributed by atoms with Crippen LogP contribution in [0.5, 0.6) is 11.5 Å². The van der Waals surface area contributed by atoms with Crippen LogP contribution in [0.3, 0.4) is 0 Å². The topological polar surface area (TPSA) is 38.7 Å². The maximum absolute atomic E-state index is 9.08. The Hall–Kier alpha value is -0.930. The standard InChI is InChI=1S/C9H9ClO3/c10-8-3-6(11)1-2-9(8)13-7-4-12-5-7/h1-3,7,11H,4-5H2. The van der Waals surface area contributed by atoms with E-state index in [9.17, 15) is 0 Å². The Balaban J connectivity index is 2.10. The number of hydrogen-bond acceptors (Lipinski definition) is 3. The molecule has 0 spiro atoms. The molecule has 1 aliphatic heterocycles. The molecule has 0 unspecified atom stereocenters. The van der Waals surface area contributed by atoms with Gasteiger partial charge in [-0.1, -0.05) is 11.6 Å². The fourth-order valence-corrected chi connectivity index (χ4v) is 1.27. The molecule has 0 radical (unpaired) electrons. The van der Waals surface area contributed by atoms with Crippen molar-refractivity contribution in [3.63, 3.8) is 0 Å². The van der Waals surface area contributed by atoms with Crippen LogP contribution in [0.15, 0.2) is 18.2 Å². The van der Waals surface area contributed by atoms with Gasteiger partial charge in [0.2, 0.25) is 0 Å². The fraction of sp³-hybridized carbons (Fsp3) is 0.333. The van der Waals surface area contributed by atoms with Gasteiger partial charge in [0, 0.05) is 6.07 Å². The van der Waals surface area contributed by atoms with Crippen LogP contribution in [-0.2, 0) is 4.74 Å². The summed E-state index contributed by atoms with van der Waals surface area (Å²) in [6.45, 7) is 1.22. The van der Waals surface area contributed by atoms with E-state index in [1.165, 1.54) is 6.07 Å². The number of rotatable bonds is 2. The van der Waals surface area contributed by atoms with Crippen LogP contribution in [0.2, 0.25) is 5.02 Å². The summed E-state index contributed by atoms with van der Waals surface area (Å²) in [6, 6.07) is 4.65. The van der Waals surface area contributed by atoms with Crippen LogP contribution in [-0.4, -0.2) is 24.4 Å². The number of benzene rings is 1. The van der Waals surface area contributed by atoms with Gasteiger partial charge in [-0.25, -0.2) is 0 Å². The molecular formula is C9H9ClO3. The maximum Gasteiger partial charge on any atom is 0.145 e. The first-order valence-electron chi connectivity index (χ1n) is 3.98. The third-order valence-electron chi connectivity index (χ3n) is 1.82. The lowest BCUT2D eigenvalue weighted by atomic mass is 10.3. The monoisotopic (exact) mass is 200 g/mol. The summed E-state index contributed by atoms with van der Waals surface area (Å²) in [5.74, 6) is 0.731. The summed E-state index contributed by atoms with van der Waals surface area (Å²) in [5.41, 5.74) is 0. The van der Waals surface area contributed by atoms with Gasteiger partial charge in [0.25, 0.3) is 0 Å². The van der Waals surface area contributed by atoms with Crippen LogP contribution in [0.25, 0.3) is 0 Å². The Morgan fingerprint density at radius 2 is 2.23 bits per heavy atom. The molecule has 1 heterocycles. The molecule has 2 rings (SSSR count). The van der Waals surface area contributed by atoms with E-state index >= 15 is 0 Å². The van der Waals surface area contributed by atoms with Gasteiger partial charge in [-0.15, -0.1) is 0 Å². The van der Waals surface area contributed by atoms with Crippen molar-refractivity contribution in [2.75, 3.05) is 13.2 Å². The first-order valence-corrected chi connectivity index (χ1v) is 4.36. The third-order valence-corrected chi connectivity index (χ3v) is 2.11. The molecule has 13 heavy (non-hydrogen) atoms. The summed E-state index contributed by atoms with van der Waals surface area (Å²) < 4.78 is 10.4. The highest BCUT2D eigenvalue weighted by Gasteiger charge is 2.20. The summed E-state index contributed by atoms with van der Waals surface area (Å²) in [7, 11) is 0. The molecule has 70 valence electrons. The summed E-state index contributed by atoms with van der Waals surface area (Å²) in [4.78, 5) is 0. The number of ether oxygens (including phenoxy) is 2. The van der Waals surface area contributed by atoms with E-state index in [1.807, 2.05) is 0 Å². The van der Waals surface area contributed by atoms with Crippen molar-refractivity contribution in [2.45, 2.75) is 6.10 Å². The minimum Gasteiger partial charge on any atom is -0.508 e. The second-order valence-corrected chi connectivity index (χ2v) is 3.30. The quantitative estimate of drug-likeness (QED) is 0.792. The molecule has 0 aromatic heterocycles. The molecule has 1 aromatic carbocycles. The van der Waals surface area contributed by atoms with Gasteiger partial charge in [-0.2, -0.15) is 0 Å². The molecule has 1 fully saturated rings. The molecule has 4 heteroatoms. The van der Waals surface area contributed by atoms with E-state index < -0.39 is 0 Å². The number of phenolic OH excluding ortho intramolecular Hbond substituents is 1. The molecule has 0 bridgehead atoms.